The third-order valence-electron chi connectivity index (χ3n) is 3.64. The summed E-state index contributed by atoms with van der Waals surface area (Å²) in [5.74, 6) is 1.57. The first kappa shape index (κ1) is 15.5. The van der Waals surface area contributed by atoms with Crippen LogP contribution in [0.4, 0.5) is 0 Å². The Morgan fingerprint density at radius 1 is 1.28 bits per heavy atom. The zero-order chi connectivity index (χ0) is 17.1. The predicted molar refractivity (Wildman–Crippen MR) is 90.8 cm³/mol. The van der Waals surface area contributed by atoms with E-state index in [9.17, 15) is 4.79 Å². The second kappa shape index (κ2) is 6.81. The fourth-order valence-corrected chi connectivity index (χ4v) is 3.00. The van der Waals surface area contributed by atoms with Gasteiger partial charge in [0.25, 0.3) is 0 Å². The number of fused-ring (bicyclic) bond motifs is 1. The Hall–Kier alpha value is -3.07. The Morgan fingerprint density at radius 2 is 2.24 bits per heavy atom. The summed E-state index contributed by atoms with van der Waals surface area (Å²) in [6, 6.07) is 7.57. The highest BCUT2D eigenvalue weighted by molar-refractivity contribution is 7.08. The van der Waals surface area contributed by atoms with E-state index in [0.717, 1.165) is 11.2 Å². The van der Waals surface area contributed by atoms with Gasteiger partial charge < -0.3 is 9.84 Å². The molecule has 4 aromatic heterocycles. The zero-order valence-corrected chi connectivity index (χ0v) is 13.9. The minimum Gasteiger partial charge on any atom is -0.349 e. The van der Waals surface area contributed by atoms with Gasteiger partial charge in [-0.25, -0.2) is 0 Å². The first-order valence-electron chi connectivity index (χ1n) is 7.70. The number of aryl methyl sites for hydroxylation is 1. The van der Waals surface area contributed by atoms with Gasteiger partial charge in [-0.05, 0) is 23.6 Å². The SMILES string of the molecule is O=C(CCc1nc(-c2ccsc2)no1)NCc1nnc2ccccn12. The van der Waals surface area contributed by atoms with Crippen molar-refractivity contribution in [2.75, 3.05) is 0 Å². The number of thiophene rings is 1. The fraction of sp³-hybridized carbons (Fsp3) is 0.188. The van der Waals surface area contributed by atoms with Crippen LogP contribution in [0.2, 0.25) is 0 Å². The van der Waals surface area contributed by atoms with E-state index in [-0.39, 0.29) is 12.3 Å². The smallest absolute Gasteiger partial charge is 0.227 e. The van der Waals surface area contributed by atoms with Crippen LogP contribution < -0.4 is 5.32 Å². The molecule has 0 fully saturated rings. The lowest BCUT2D eigenvalue weighted by molar-refractivity contribution is -0.121. The summed E-state index contributed by atoms with van der Waals surface area (Å²) in [6.07, 6.45) is 2.52. The fourth-order valence-electron chi connectivity index (χ4n) is 2.36. The largest absolute Gasteiger partial charge is 0.349 e. The quantitative estimate of drug-likeness (QED) is 0.569. The third kappa shape index (κ3) is 3.41. The maximum Gasteiger partial charge on any atom is 0.227 e. The molecule has 0 aliphatic carbocycles. The monoisotopic (exact) mass is 354 g/mol. The van der Waals surface area contributed by atoms with Crippen molar-refractivity contribution in [3.8, 4) is 11.4 Å². The molecule has 25 heavy (non-hydrogen) atoms. The zero-order valence-electron chi connectivity index (χ0n) is 13.1. The van der Waals surface area contributed by atoms with Gasteiger partial charge in [-0.2, -0.15) is 16.3 Å². The van der Waals surface area contributed by atoms with Crippen molar-refractivity contribution in [2.24, 2.45) is 0 Å². The Morgan fingerprint density at radius 3 is 3.12 bits per heavy atom. The molecular formula is C16H14N6O2S. The summed E-state index contributed by atoms with van der Waals surface area (Å²) in [6.45, 7) is 0.313. The Bertz CT molecular complexity index is 991. The van der Waals surface area contributed by atoms with Crippen molar-refractivity contribution in [3.63, 3.8) is 0 Å². The highest BCUT2D eigenvalue weighted by atomic mass is 32.1. The van der Waals surface area contributed by atoms with E-state index in [1.54, 1.807) is 11.3 Å². The van der Waals surface area contributed by atoms with E-state index >= 15 is 0 Å². The van der Waals surface area contributed by atoms with E-state index in [0.29, 0.717) is 30.5 Å². The van der Waals surface area contributed by atoms with Crippen LogP contribution >= 0.6 is 11.3 Å². The first-order chi connectivity index (χ1) is 12.3. The van der Waals surface area contributed by atoms with Gasteiger partial charge in [-0.3, -0.25) is 9.20 Å². The number of rotatable bonds is 6. The Labute approximate surface area is 146 Å². The lowest BCUT2D eigenvalue weighted by Crippen LogP contribution is -2.24. The summed E-state index contributed by atoms with van der Waals surface area (Å²) in [5, 5.41) is 18.8. The number of nitrogens with one attached hydrogen (secondary N) is 1. The topological polar surface area (TPSA) is 98.2 Å². The molecule has 9 heteroatoms. The van der Waals surface area contributed by atoms with Crippen molar-refractivity contribution >= 4 is 22.9 Å². The summed E-state index contributed by atoms with van der Waals surface area (Å²) in [4.78, 5) is 16.3. The van der Waals surface area contributed by atoms with Crippen LogP contribution in [0.3, 0.4) is 0 Å². The lowest BCUT2D eigenvalue weighted by Gasteiger charge is -2.02. The van der Waals surface area contributed by atoms with Gasteiger partial charge >= 0.3 is 0 Å². The van der Waals surface area contributed by atoms with Gasteiger partial charge in [-0.1, -0.05) is 11.2 Å². The van der Waals surface area contributed by atoms with Gasteiger partial charge in [0.2, 0.25) is 17.6 Å². The van der Waals surface area contributed by atoms with E-state index in [1.165, 1.54) is 0 Å². The molecule has 4 aromatic rings. The van der Waals surface area contributed by atoms with E-state index < -0.39 is 0 Å². The van der Waals surface area contributed by atoms with Crippen LogP contribution in [0.1, 0.15) is 18.1 Å². The number of hydrogen-bond donors (Lipinski definition) is 1. The van der Waals surface area contributed by atoms with Crippen molar-refractivity contribution < 1.29 is 9.32 Å². The molecule has 4 rings (SSSR count). The van der Waals surface area contributed by atoms with Crippen LogP contribution in [0.25, 0.3) is 17.0 Å². The molecule has 126 valence electrons. The van der Waals surface area contributed by atoms with E-state index in [2.05, 4.69) is 25.7 Å². The summed E-state index contributed by atoms with van der Waals surface area (Å²) < 4.78 is 7.02. The molecule has 0 aromatic carbocycles. The average molecular weight is 354 g/mol. The van der Waals surface area contributed by atoms with Crippen LogP contribution in [0.5, 0.6) is 0 Å². The molecule has 0 atom stereocenters. The molecule has 0 bridgehead atoms. The molecule has 1 amide bonds. The molecular weight excluding hydrogens is 340 g/mol. The van der Waals surface area contributed by atoms with Crippen molar-refractivity contribution in [3.05, 3.63) is 52.9 Å². The van der Waals surface area contributed by atoms with Crippen molar-refractivity contribution in [1.82, 2.24) is 30.1 Å². The van der Waals surface area contributed by atoms with E-state index in [4.69, 9.17) is 4.52 Å². The molecule has 4 heterocycles. The van der Waals surface area contributed by atoms with Gasteiger partial charge in [0, 0.05) is 30.0 Å². The summed E-state index contributed by atoms with van der Waals surface area (Å²) >= 11 is 1.57. The second-order valence-electron chi connectivity index (χ2n) is 5.35. The molecule has 8 nitrogen and oxygen atoms in total. The molecule has 0 saturated carbocycles. The average Bonchev–Trinajstić information content (AvgIpc) is 3.38. The van der Waals surface area contributed by atoms with Crippen LogP contribution in [0, 0.1) is 0 Å². The van der Waals surface area contributed by atoms with E-state index in [1.807, 2.05) is 45.6 Å². The van der Waals surface area contributed by atoms with Crippen molar-refractivity contribution in [1.29, 1.82) is 0 Å². The molecule has 0 radical (unpaired) electrons. The second-order valence-corrected chi connectivity index (χ2v) is 6.13. The molecule has 0 unspecified atom stereocenters. The van der Waals surface area contributed by atoms with Gasteiger partial charge in [0.1, 0.15) is 0 Å². The Balaban J connectivity index is 1.31. The van der Waals surface area contributed by atoms with Crippen molar-refractivity contribution in [2.45, 2.75) is 19.4 Å². The predicted octanol–water partition coefficient (Wildman–Crippen LogP) is 2.09. The highest BCUT2D eigenvalue weighted by Crippen LogP contribution is 2.18. The number of carbonyl (C=O) groups is 1. The number of amides is 1. The molecule has 0 aliphatic heterocycles. The van der Waals surface area contributed by atoms with Crippen LogP contribution in [0.15, 0.2) is 45.7 Å². The van der Waals surface area contributed by atoms with Gasteiger partial charge in [-0.15, -0.1) is 10.2 Å². The summed E-state index contributed by atoms with van der Waals surface area (Å²) in [7, 11) is 0. The third-order valence-corrected chi connectivity index (χ3v) is 4.32. The number of hydrogen-bond acceptors (Lipinski definition) is 7. The van der Waals surface area contributed by atoms with Crippen LogP contribution in [-0.2, 0) is 17.8 Å². The maximum absolute atomic E-state index is 12.0. The van der Waals surface area contributed by atoms with Gasteiger partial charge in [0.15, 0.2) is 11.5 Å². The normalized spacial score (nSPS) is 11.0. The summed E-state index contributed by atoms with van der Waals surface area (Å²) in [5.41, 5.74) is 1.67. The number of nitrogens with zero attached hydrogens (tertiary/aromatic N) is 5. The minimum atomic E-state index is -0.108. The van der Waals surface area contributed by atoms with Crippen LogP contribution in [-0.4, -0.2) is 30.6 Å². The molecule has 0 saturated heterocycles. The minimum absolute atomic E-state index is 0.108. The molecule has 0 spiro atoms. The lowest BCUT2D eigenvalue weighted by atomic mass is 10.3. The molecule has 1 N–H and O–H groups in total. The standard InChI is InChI=1S/C16H14N6O2S/c23-14(17-9-13-20-19-12-3-1-2-7-22(12)13)4-5-15-18-16(21-24-15)11-6-8-25-10-11/h1-3,6-8,10H,4-5,9H2,(H,17,23). The first-order valence-corrected chi connectivity index (χ1v) is 8.64. The Kier molecular flexibility index (Phi) is 4.21. The highest BCUT2D eigenvalue weighted by Gasteiger charge is 2.12. The van der Waals surface area contributed by atoms with Gasteiger partial charge in [0.05, 0.1) is 6.54 Å². The number of carbonyl (C=O) groups excluding carboxylic acids is 1. The maximum atomic E-state index is 12.0. The molecule has 0 aliphatic rings. The number of pyridine rings is 1. The number of aromatic nitrogens is 5.